The SMILES string of the molecule is N#CCCN(C(=O)CSc1nnc(-c2cccc(F)c2)n1N)c1ccccc1. The number of thioether (sulfide) groups is 1. The van der Waals surface area contributed by atoms with Gasteiger partial charge in [-0.3, -0.25) is 4.79 Å². The van der Waals surface area contributed by atoms with E-state index < -0.39 is 5.82 Å². The molecule has 0 spiro atoms. The number of hydrogen-bond acceptors (Lipinski definition) is 6. The van der Waals surface area contributed by atoms with Crippen molar-refractivity contribution in [2.75, 3.05) is 23.0 Å². The maximum Gasteiger partial charge on any atom is 0.237 e. The maximum atomic E-state index is 13.4. The summed E-state index contributed by atoms with van der Waals surface area (Å²) < 4.78 is 14.7. The van der Waals surface area contributed by atoms with E-state index in [1.165, 1.54) is 16.8 Å². The van der Waals surface area contributed by atoms with Crippen molar-refractivity contribution in [2.24, 2.45) is 0 Å². The summed E-state index contributed by atoms with van der Waals surface area (Å²) in [7, 11) is 0. The Hall–Kier alpha value is -3.38. The van der Waals surface area contributed by atoms with Crippen molar-refractivity contribution in [3.8, 4) is 17.5 Å². The summed E-state index contributed by atoms with van der Waals surface area (Å²) in [5.74, 6) is 5.81. The van der Waals surface area contributed by atoms with Gasteiger partial charge in [-0.25, -0.2) is 9.07 Å². The Bertz CT molecular complexity index is 1000. The number of nitrogen functional groups attached to an aromatic ring is 1. The van der Waals surface area contributed by atoms with Crippen molar-refractivity contribution in [1.29, 1.82) is 5.26 Å². The van der Waals surface area contributed by atoms with Crippen molar-refractivity contribution in [2.45, 2.75) is 11.6 Å². The lowest BCUT2D eigenvalue weighted by atomic mass is 10.2. The molecule has 142 valence electrons. The number of benzene rings is 2. The predicted molar refractivity (Wildman–Crippen MR) is 105 cm³/mol. The summed E-state index contributed by atoms with van der Waals surface area (Å²) in [4.78, 5) is 14.3. The number of anilines is 1. The standard InChI is InChI=1S/C19H17FN6OS/c20-15-7-4-6-14(12-15)18-23-24-19(26(18)22)28-13-17(27)25(11-5-10-21)16-8-2-1-3-9-16/h1-4,6-9,12H,5,11,13,22H2. The van der Waals surface area contributed by atoms with Crippen LogP contribution in [0.1, 0.15) is 6.42 Å². The normalized spacial score (nSPS) is 10.4. The second-order valence-electron chi connectivity index (χ2n) is 5.76. The molecular formula is C19H17FN6OS. The zero-order valence-corrected chi connectivity index (χ0v) is 15.6. The third-order valence-electron chi connectivity index (χ3n) is 3.89. The number of carbonyl (C=O) groups excluding carboxylic acids is 1. The fourth-order valence-corrected chi connectivity index (χ4v) is 3.30. The van der Waals surface area contributed by atoms with E-state index in [9.17, 15) is 9.18 Å². The van der Waals surface area contributed by atoms with E-state index in [1.54, 1.807) is 17.0 Å². The lowest BCUT2D eigenvalue weighted by molar-refractivity contribution is -0.116. The van der Waals surface area contributed by atoms with Crippen LogP contribution in [0.4, 0.5) is 10.1 Å². The van der Waals surface area contributed by atoms with Gasteiger partial charge in [0.25, 0.3) is 0 Å². The van der Waals surface area contributed by atoms with Crippen LogP contribution in [0.15, 0.2) is 59.8 Å². The fourth-order valence-electron chi connectivity index (χ4n) is 2.57. The van der Waals surface area contributed by atoms with E-state index in [4.69, 9.17) is 11.1 Å². The Morgan fingerprint density at radius 1 is 1.21 bits per heavy atom. The largest absolute Gasteiger partial charge is 0.335 e. The zero-order valence-electron chi connectivity index (χ0n) is 14.8. The van der Waals surface area contributed by atoms with Gasteiger partial charge >= 0.3 is 0 Å². The highest BCUT2D eigenvalue weighted by molar-refractivity contribution is 7.99. The average molecular weight is 396 g/mol. The first kappa shape index (κ1) is 19.4. The number of rotatable bonds is 7. The summed E-state index contributed by atoms with van der Waals surface area (Å²) in [6.45, 7) is 0.295. The van der Waals surface area contributed by atoms with E-state index in [2.05, 4.69) is 16.3 Å². The number of para-hydroxylation sites is 1. The van der Waals surface area contributed by atoms with Crippen molar-refractivity contribution in [1.82, 2.24) is 14.9 Å². The van der Waals surface area contributed by atoms with E-state index in [0.717, 1.165) is 17.4 Å². The van der Waals surface area contributed by atoms with Crippen LogP contribution in [0.25, 0.3) is 11.4 Å². The van der Waals surface area contributed by atoms with Crippen LogP contribution in [-0.2, 0) is 4.79 Å². The van der Waals surface area contributed by atoms with Crippen LogP contribution >= 0.6 is 11.8 Å². The van der Waals surface area contributed by atoms with Gasteiger partial charge in [-0.1, -0.05) is 42.1 Å². The summed E-state index contributed by atoms with van der Waals surface area (Å²) in [6, 6.07) is 17.1. The summed E-state index contributed by atoms with van der Waals surface area (Å²) >= 11 is 1.13. The molecule has 3 rings (SSSR count). The van der Waals surface area contributed by atoms with Gasteiger partial charge in [0.05, 0.1) is 18.2 Å². The van der Waals surface area contributed by atoms with Gasteiger partial charge in [-0.2, -0.15) is 5.26 Å². The van der Waals surface area contributed by atoms with E-state index in [0.29, 0.717) is 23.1 Å². The number of nitrogens with two attached hydrogens (primary N) is 1. The van der Waals surface area contributed by atoms with Gasteiger partial charge in [-0.15, -0.1) is 10.2 Å². The Morgan fingerprint density at radius 3 is 2.71 bits per heavy atom. The van der Waals surface area contributed by atoms with Gasteiger partial charge in [0.1, 0.15) is 5.82 Å². The zero-order chi connectivity index (χ0) is 19.9. The van der Waals surface area contributed by atoms with Crippen molar-refractivity contribution < 1.29 is 9.18 Å². The molecule has 2 aromatic carbocycles. The smallest absolute Gasteiger partial charge is 0.237 e. The first-order valence-corrected chi connectivity index (χ1v) is 9.40. The molecule has 28 heavy (non-hydrogen) atoms. The summed E-state index contributed by atoms with van der Waals surface area (Å²) in [5, 5.41) is 17.2. The number of hydrogen-bond donors (Lipinski definition) is 1. The Kier molecular flexibility index (Phi) is 6.24. The molecule has 0 aliphatic rings. The van der Waals surface area contributed by atoms with Crippen LogP contribution in [-0.4, -0.2) is 33.1 Å². The molecule has 0 fully saturated rings. The molecule has 7 nitrogen and oxygen atoms in total. The molecule has 2 N–H and O–H groups in total. The maximum absolute atomic E-state index is 13.4. The van der Waals surface area contributed by atoms with Crippen molar-refractivity contribution in [3.05, 3.63) is 60.4 Å². The minimum absolute atomic E-state index is 0.0683. The molecule has 0 aliphatic heterocycles. The Morgan fingerprint density at radius 2 is 2.00 bits per heavy atom. The van der Waals surface area contributed by atoms with Gasteiger partial charge in [0.2, 0.25) is 11.1 Å². The number of nitrogens with zero attached hydrogens (tertiary/aromatic N) is 5. The topological polar surface area (TPSA) is 101 Å². The average Bonchev–Trinajstić information content (AvgIpc) is 3.08. The van der Waals surface area contributed by atoms with Gasteiger partial charge < -0.3 is 10.7 Å². The first-order chi connectivity index (χ1) is 13.6. The Balaban J connectivity index is 1.72. The first-order valence-electron chi connectivity index (χ1n) is 8.41. The number of halogens is 1. The lowest BCUT2D eigenvalue weighted by Crippen LogP contribution is -2.33. The second kappa shape index (κ2) is 9.01. The quantitative estimate of drug-likeness (QED) is 0.487. The van der Waals surface area contributed by atoms with Crippen LogP contribution in [0.5, 0.6) is 0 Å². The molecular weight excluding hydrogens is 379 g/mol. The molecule has 0 atom stereocenters. The third-order valence-corrected chi connectivity index (χ3v) is 4.82. The minimum atomic E-state index is -0.402. The van der Waals surface area contributed by atoms with Crippen LogP contribution < -0.4 is 10.7 Å². The number of amides is 1. The number of nitriles is 1. The highest BCUT2D eigenvalue weighted by Crippen LogP contribution is 2.23. The molecule has 9 heteroatoms. The molecule has 0 bridgehead atoms. The molecule has 0 unspecified atom stereocenters. The fraction of sp³-hybridized carbons (Fsp3) is 0.158. The molecule has 0 radical (unpaired) electrons. The summed E-state index contributed by atoms with van der Waals surface area (Å²) in [5.41, 5.74) is 1.21. The Labute approximate surface area is 165 Å². The minimum Gasteiger partial charge on any atom is -0.335 e. The van der Waals surface area contributed by atoms with Crippen molar-refractivity contribution in [3.63, 3.8) is 0 Å². The molecule has 0 aliphatic carbocycles. The van der Waals surface area contributed by atoms with E-state index >= 15 is 0 Å². The van der Waals surface area contributed by atoms with Crippen LogP contribution in [0.3, 0.4) is 0 Å². The van der Waals surface area contributed by atoms with Crippen LogP contribution in [0.2, 0.25) is 0 Å². The predicted octanol–water partition coefficient (Wildman–Crippen LogP) is 2.84. The highest BCUT2D eigenvalue weighted by atomic mass is 32.2. The molecule has 0 saturated carbocycles. The van der Waals surface area contributed by atoms with Gasteiger partial charge in [0, 0.05) is 17.8 Å². The third kappa shape index (κ3) is 4.47. The highest BCUT2D eigenvalue weighted by Gasteiger charge is 2.18. The van der Waals surface area contributed by atoms with E-state index in [-0.39, 0.29) is 18.1 Å². The molecule has 1 amide bonds. The molecule has 0 saturated heterocycles. The molecule has 1 heterocycles. The van der Waals surface area contributed by atoms with Gasteiger partial charge in [-0.05, 0) is 24.3 Å². The second-order valence-corrected chi connectivity index (χ2v) is 6.71. The van der Waals surface area contributed by atoms with Crippen molar-refractivity contribution >= 4 is 23.4 Å². The number of aromatic nitrogens is 3. The number of carbonyl (C=O) groups is 1. The van der Waals surface area contributed by atoms with Crippen LogP contribution in [0, 0.1) is 17.1 Å². The van der Waals surface area contributed by atoms with E-state index in [1.807, 2.05) is 30.3 Å². The molecule has 3 aromatic rings. The summed E-state index contributed by atoms with van der Waals surface area (Å²) in [6.07, 6.45) is 0.224. The monoisotopic (exact) mass is 396 g/mol. The lowest BCUT2D eigenvalue weighted by Gasteiger charge is -2.21. The molecule has 1 aromatic heterocycles. The van der Waals surface area contributed by atoms with Gasteiger partial charge in [0.15, 0.2) is 5.82 Å².